The molecule has 3 rings (SSSR count). The molecule has 1 fully saturated rings. The van der Waals surface area contributed by atoms with Crippen molar-refractivity contribution >= 4 is 24.7 Å². The molecule has 1 aliphatic rings. The van der Waals surface area contributed by atoms with E-state index in [9.17, 15) is 15.0 Å². The Kier molecular flexibility index (Phi) is 2.99. The van der Waals surface area contributed by atoms with Gasteiger partial charge in [0.25, 0.3) is 5.56 Å². The summed E-state index contributed by atoms with van der Waals surface area (Å²) in [5, 5.41) is 19.2. The van der Waals surface area contributed by atoms with Crippen LogP contribution in [0.3, 0.4) is 0 Å². The number of H-pyrrole nitrogens is 1. The fraction of sp³-hybridized carbons (Fsp3) is 0.417. The Labute approximate surface area is 115 Å². The topological polar surface area (TPSA) is 104 Å². The minimum Gasteiger partial charge on any atom is -0.396 e. The van der Waals surface area contributed by atoms with Crippen LogP contribution < -0.4 is 11.3 Å². The summed E-state index contributed by atoms with van der Waals surface area (Å²) in [6.45, 7) is 3.76. The van der Waals surface area contributed by atoms with Gasteiger partial charge in [0.05, 0.1) is 30.8 Å². The monoisotopic (exact) mass is 272 g/mol. The normalized spacial score (nSPS) is 26.5. The number of aliphatic hydroxyl groups is 2. The zero-order valence-electron chi connectivity index (χ0n) is 10.7. The average molecular weight is 272 g/mol. The highest BCUT2D eigenvalue weighted by Gasteiger charge is 2.37. The van der Waals surface area contributed by atoms with Gasteiger partial charge >= 0.3 is 0 Å². The number of aliphatic hydroxyl groups excluding tert-OH is 2. The first-order valence-electron chi connectivity index (χ1n) is 6.23. The first kappa shape index (κ1) is 13.1. The molecule has 0 aliphatic heterocycles. The van der Waals surface area contributed by atoms with E-state index in [1.165, 1.54) is 6.33 Å². The second kappa shape index (κ2) is 4.57. The average Bonchev–Trinajstić information content (AvgIpc) is 2.91. The Morgan fingerprint density at radius 2 is 2.35 bits per heavy atom. The summed E-state index contributed by atoms with van der Waals surface area (Å²) in [7, 11) is 5.55. The van der Waals surface area contributed by atoms with Crippen molar-refractivity contribution in [3.8, 4) is 0 Å². The third-order valence-corrected chi connectivity index (χ3v) is 3.82. The van der Waals surface area contributed by atoms with Gasteiger partial charge in [-0.25, -0.2) is 9.97 Å². The molecule has 0 unspecified atom stereocenters. The van der Waals surface area contributed by atoms with Gasteiger partial charge in [-0.2, -0.15) is 0 Å². The number of imidazole rings is 1. The lowest BCUT2D eigenvalue weighted by Gasteiger charge is -2.15. The summed E-state index contributed by atoms with van der Waals surface area (Å²) in [6.07, 6.45) is 1.20. The van der Waals surface area contributed by atoms with Crippen LogP contribution >= 0.6 is 0 Å². The van der Waals surface area contributed by atoms with Gasteiger partial charge in [-0.15, -0.1) is 0 Å². The van der Waals surface area contributed by atoms with Gasteiger partial charge in [-0.1, -0.05) is 6.58 Å². The Morgan fingerprint density at radius 1 is 1.60 bits per heavy atom. The summed E-state index contributed by atoms with van der Waals surface area (Å²) in [5.74, 6) is -0.378. The lowest BCUT2D eigenvalue weighted by molar-refractivity contribution is 0.101. The highest BCUT2D eigenvalue weighted by Crippen LogP contribution is 2.39. The molecular weight excluding hydrogens is 259 g/mol. The first-order chi connectivity index (χ1) is 9.52. The molecule has 0 amide bonds. The van der Waals surface area contributed by atoms with E-state index in [0.717, 1.165) is 0 Å². The van der Waals surface area contributed by atoms with Gasteiger partial charge in [-0.3, -0.25) is 4.79 Å². The SMILES string of the molecule is [B]c1nc2c(ncn2[C@H]2C[C@H](O)[C@@H](CO)C2=C)c(=O)[nH]1. The quantitative estimate of drug-likeness (QED) is 0.450. The second-order valence-electron chi connectivity index (χ2n) is 4.96. The fourth-order valence-corrected chi connectivity index (χ4v) is 2.74. The summed E-state index contributed by atoms with van der Waals surface area (Å²) in [5.41, 5.74) is 0.832. The maximum absolute atomic E-state index is 11.7. The molecule has 3 atom stereocenters. The molecule has 1 saturated carbocycles. The van der Waals surface area contributed by atoms with Gasteiger partial charge in [0.1, 0.15) is 0 Å². The maximum atomic E-state index is 11.7. The molecule has 3 N–H and O–H groups in total. The number of aromatic nitrogens is 4. The van der Waals surface area contributed by atoms with E-state index in [1.807, 2.05) is 0 Å². The second-order valence-corrected chi connectivity index (χ2v) is 4.96. The molecule has 8 heteroatoms. The number of fused-ring (bicyclic) bond motifs is 1. The summed E-state index contributed by atoms with van der Waals surface area (Å²) in [4.78, 5) is 22.2. The third kappa shape index (κ3) is 1.80. The van der Waals surface area contributed by atoms with Crippen LogP contribution in [0, 0.1) is 5.92 Å². The van der Waals surface area contributed by atoms with Crippen molar-refractivity contribution < 1.29 is 10.2 Å². The predicted octanol–water partition coefficient (Wildman–Crippen LogP) is -1.62. The van der Waals surface area contributed by atoms with Crippen LogP contribution in [0.15, 0.2) is 23.3 Å². The molecule has 0 saturated heterocycles. The van der Waals surface area contributed by atoms with Crippen LogP contribution in [0.1, 0.15) is 12.5 Å². The molecule has 2 radical (unpaired) electrons. The lowest BCUT2D eigenvalue weighted by atomic mass is 10.0. The largest absolute Gasteiger partial charge is 0.396 e. The van der Waals surface area contributed by atoms with Crippen LogP contribution in [0.5, 0.6) is 0 Å². The molecule has 2 aromatic rings. The number of aromatic amines is 1. The Morgan fingerprint density at radius 3 is 3.00 bits per heavy atom. The number of nitrogens with zero attached hydrogens (tertiary/aromatic N) is 3. The zero-order chi connectivity index (χ0) is 14.4. The molecule has 0 spiro atoms. The van der Waals surface area contributed by atoms with E-state index in [2.05, 4.69) is 21.5 Å². The summed E-state index contributed by atoms with van der Waals surface area (Å²) >= 11 is 0. The van der Waals surface area contributed by atoms with Crippen LogP contribution in [-0.2, 0) is 0 Å². The highest BCUT2D eigenvalue weighted by molar-refractivity contribution is 6.29. The van der Waals surface area contributed by atoms with E-state index in [1.54, 1.807) is 4.57 Å². The lowest BCUT2D eigenvalue weighted by Crippen LogP contribution is -2.24. The molecule has 0 bridgehead atoms. The van der Waals surface area contributed by atoms with Crippen molar-refractivity contribution in [3.63, 3.8) is 0 Å². The van der Waals surface area contributed by atoms with Crippen LogP contribution in [0.4, 0.5) is 0 Å². The van der Waals surface area contributed by atoms with Crippen molar-refractivity contribution in [2.75, 3.05) is 6.61 Å². The molecule has 1 aliphatic carbocycles. The molecule has 2 heterocycles. The maximum Gasteiger partial charge on any atom is 0.278 e. The number of nitrogens with one attached hydrogen (secondary N) is 1. The molecule has 7 nitrogen and oxygen atoms in total. The minimum absolute atomic E-state index is 0.00659. The van der Waals surface area contributed by atoms with Gasteiger partial charge in [-0.05, 0) is 12.0 Å². The van der Waals surface area contributed by atoms with Crippen LogP contribution in [0.25, 0.3) is 11.2 Å². The third-order valence-electron chi connectivity index (χ3n) is 3.82. The van der Waals surface area contributed by atoms with E-state index >= 15 is 0 Å². The summed E-state index contributed by atoms with van der Waals surface area (Å²) < 4.78 is 1.67. The Balaban J connectivity index is 2.12. The van der Waals surface area contributed by atoms with Gasteiger partial charge < -0.3 is 19.8 Å². The molecule has 102 valence electrons. The number of rotatable bonds is 2. The van der Waals surface area contributed by atoms with Crippen molar-refractivity contribution in [1.82, 2.24) is 19.5 Å². The molecule has 2 aromatic heterocycles. The van der Waals surface area contributed by atoms with Gasteiger partial charge in [0.15, 0.2) is 19.0 Å². The van der Waals surface area contributed by atoms with Crippen molar-refractivity contribution in [1.29, 1.82) is 0 Å². The van der Waals surface area contributed by atoms with E-state index in [0.29, 0.717) is 17.6 Å². The fourth-order valence-electron chi connectivity index (χ4n) is 2.74. The number of hydrogen-bond acceptors (Lipinski definition) is 5. The summed E-state index contributed by atoms with van der Waals surface area (Å²) in [6, 6.07) is -0.263. The van der Waals surface area contributed by atoms with Gasteiger partial charge in [0, 0.05) is 5.92 Å². The van der Waals surface area contributed by atoms with Crippen LogP contribution in [-0.4, -0.2) is 50.3 Å². The van der Waals surface area contributed by atoms with Crippen molar-refractivity contribution in [3.05, 3.63) is 28.8 Å². The molecular formula is C12H13BN4O3. The van der Waals surface area contributed by atoms with Crippen LogP contribution in [0.2, 0.25) is 0 Å². The standard InChI is InChI=1S/C12H13BN4O3/c1-5-6(3-18)8(19)2-7(5)17-4-14-9-10(17)15-12(13)16-11(9)20/h4,6-8,18-19H,1-3H2,(H,15,16,20)/t6-,7-,8-/m0/s1. The highest BCUT2D eigenvalue weighted by atomic mass is 16.3. The van der Waals surface area contributed by atoms with Crippen molar-refractivity contribution in [2.24, 2.45) is 5.92 Å². The Hall–Kier alpha value is -1.93. The van der Waals surface area contributed by atoms with E-state index in [4.69, 9.17) is 7.85 Å². The first-order valence-corrected chi connectivity index (χ1v) is 6.23. The van der Waals surface area contributed by atoms with Gasteiger partial charge in [0.2, 0.25) is 0 Å². The Bertz CT molecular complexity index is 738. The minimum atomic E-state index is -0.672. The van der Waals surface area contributed by atoms with E-state index in [-0.39, 0.29) is 29.8 Å². The smallest absolute Gasteiger partial charge is 0.278 e. The number of hydrogen-bond donors (Lipinski definition) is 3. The molecule has 0 aromatic carbocycles. The molecule has 20 heavy (non-hydrogen) atoms. The zero-order valence-corrected chi connectivity index (χ0v) is 10.7. The van der Waals surface area contributed by atoms with E-state index < -0.39 is 11.7 Å². The predicted molar refractivity (Wildman–Crippen MR) is 72.9 cm³/mol. The van der Waals surface area contributed by atoms with Crippen molar-refractivity contribution in [2.45, 2.75) is 18.6 Å².